The molecule has 0 spiro atoms. The number of nitrogens with zero attached hydrogens (tertiary/aromatic N) is 2. The number of aromatic nitrogens is 1. The molecule has 0 aliphatic carbocycles. The molecule has 4 nitrogen and oxygen atoms in total. The van der Waals surface area contributed by atoms with Crippen LogP contribution in [0.15, 0.2) is 24.3 Å². The number of carbonyl (C=O) groups is 1. The van der Waals surface area contributed by atoms with E-state index < -0.39 is 0 Å². The van der Waals surface area contributed by atoms with Gasteiger partial charge in [0.15, 0.2) is 5.13 Å². The molecular formula is C19H23ClN3OS2+. The number of aryl methyl sites for hydroxylation is 2. The van der Waals surface area contributed by atoms with E-state index in [1.165, 1.54) is 27.4 Å². The van der Waals surface area contributed by atoms with Crippen molar-refractivity contribution in [3.05, 3.63) is 44.6 Å². The molecule has 0 saturated carbocycles. The number of thiazole rings is 1. The van der Waals surface area contributed by atoms with Crippen molar-refractivity contribution in [1.29, 1.82) is 0 Å². The summed E-state index contributed by atoms with van der Waals surface area (Å²) in [6.45, 7) is 5.84. The SMILES string of the molecule is Cc1cc2nc(N(CCC[NH+](C)C)C(=O)c3ccc(Cl)s3)sc2cc1C. The summed E-state index contributed by atoms with van der Waals surface area (Å²) in [6.07, 6.45) is 0.918. The van der Waals surface area contributed by atoms with Crippen LogP contribution in [0.5, 0.6) is 0 Å². The van der Waals surface area contributed by atoms with Gasteiger partial charge in [0.2, 0.25) is 0 Å². The summed E-state index contributed by atoms with van der Waals surface area (Å²) in [5.41, 5.74) is 3.41. The second kappa shape index (κ2) is 8.05. The van der Waals surface area contributed by atoms with Crippen molar-refractivity contribution in [2.45, 2.75) is 20.3 Å². The van der Waals surface area contributed by atoms with Crippen LogP contribution in [0.3, 0.4) is 0 Å². The maximum Gasteiger partial charge on any atom is 0.270 e. The molecule has 0 saturated heterocycles. The fraction of sp³-hybridized carbons (Fsp3) is 0.368. The molecule has 7 heteroatoms. The predicted molar refractivity (Wildman–Crippen MR) is 112 cm³/mol. The summed E-state index contributed by atoms with van der Waals surface area (Å²) in [6, 6.07) is 7.81. The van der Waals surface area contributed by atoms with E-state index in [0.717, 1.165) is 28.3 Å². The van der Waals surface area contributed by atoms with Crippen molar-refractivity contribution in [2.24, 2.45) is 0 Å². The molecular weight excluding hydrogens is 386 g/mol. The van der Waals surface area contributed by atoms with E-state index in [2.05, 4.69) is 40.1 Å². The van der Waals surface area contributed by atoms with Crippen molar-refractivity contribution in [3.63, 3.8) is 0 Å². The molecule has 0 atom stereocenters. The molecule has 0 aliphatic heterocycles. The summed E-state index contributed by atoms with van der Waals surface area (Å²) in [7, 11) is 4.24. The highest BCUT2D eigenvalue weighted by Crippen LogP contribution is 2.32. The van der Waals surface area contributed by atoms with Crippen LogP contribution in [-0.4, -0.2) is 38.1 Å². The maximum absolute atomic E-state index is 13.1. The number of thiophene rings is 1. The molecule has 0 radical (unpaired) electrons. The Balaban J connectivity index is 1.95. The van der Waals surface area contributed by atoms with E-state index in [0.29, 0.717) is 15.8 Å². The lowest BCUT2D eigenvalue weighted by atomic mass is 10.1. The van der Waals surface area contributed by atoms with Gasteiger partial charge in [0.1, 0.15) is 0 Å². The summed E-state index contributed by atoms with van der Waals surface area (Å²) in [5.74, 6) is -0.0249. The summed E-state index contributed by atoms with van der Waals surface area (Å²) in [4.78, 5) is 21.7. The Labute approximate surface area is 167 Å². The minimum atomic E-state index is -0.0249. The number of hydrogen-bond acceptors (Lipinski definition) is 4. The highest BCUT2D eigenvalue weighted by molar-refractivity contribution is 7.22. The summed E-state index contributed by atoms with van der Waals surface area (Å²) >= 11 is 8.92. The molecule has 1 amide bonds. The zero-order chi connectivity index (χ0) is 18.8. The lowest BCUT2D eigenvalue weighted by molar-refractivity contribution is -0.858. The lowest BCUT2D eigenvalue weighted by Crippen LogP contribution is -3.05. The lowest BCUT2D eigenvalue weighted by Gasteiger charge is -2.19. The molecule has 0 bridgehead atoms. The van der Waals surface area contributed by atoms with Crippen molar-refractivity contribution < 1.29 is 9.69 Å². The van der Waals surface area contributed by atoms with Crippen molar-refractivity contribution in [1.82, 2.24) is 4.98 Å². The third-order valence-electron chi connectivity index (χ3n) is 4.31. The van der Waals surface area contributed by atoms with Crippen LogP contribution in [0, 0.1) is 13.8 Å². The van der Waals surface area contributed by atoms with E-state index in [1.54, 1.807) is 28.4 Å². The first-order valence-electron chi connectivity index (χ1n) is 8.59. The molecule has 26 heavy (non-hydrogen) atoms. The normalized spacial score (nSPS) is 11.5. The topological polar surface area (TPSA) is 37.6 Å². The molecule has 2 heterocycles. The monoisotopic (exact) mass is 408 g/mol. The van der Waals surface area contributed by atoms with Gasteiger partial charge in [0, 0.05) is 13.0 Å². The first kappa shape index (κ1) is 19.3. The highest BCUT2D eigenvalue weighted by atomic mass is 35.5. The van der Waals surface area contributed by atoms with E-state index in [4.69, 9.17) is 16.6 Å². The van der Waals surface area contributed by atoms with Gasteiger partial charge in [-0.2, -0.15) is 0 Å². The average molecular weight is 409 g/mol. The fourth-order valence-corrected chi connectivity index (χ4v) is 4.78. The Morgan fingerprint density at radius 2 is 1.92 bits per heavy atom. The van der Waals surface area contributed by atoms with E-state index in [9.17, 15) is 4.79 Å². The summed E-state index contributed by atoms with van der Waals surface area (Å²) in [5, 5.41) is 0.758. The van der Waals surface area contributed by atoms with Gasteiger partial charge in [-0.05, 0) is 49.2 Å². The van der Waals surface area contributed by atoms with Gasteiger partial charge in [-0.15, -0.1) is 11.3 Å². The Morgan fingerprint density at radius 1 is 1.19 bits per heavy atom. The van der Waals surface area contributed by atoms with Crippen LogP contribution >= 0.6 is 34.3 Å². The van der Waals surface area contributed by atoms with E-state index >= 15 is 0 Å². The quantitative estimate of drug-likeness (QED) is 0.673. The zero-order valence-corrected chi connectivity index (χ0v) is 17.8. The number of anilines is 1. The van der Waals surface area contributed by atoms with E-state index in [1.807, 2.05) is 0 Å². The van der Waals surface area contributed by atoms with Crippen LogP contribution in [0.4, 0.5) is 5.13 Å². The average Bonchev–Trinajstić information content (AvgIpc) is 3.17. The molecule has 0 unspecified atom stereocenters. The number of hydrogen-bond donors (Lipinski definition) is 1. The van der Waals surface area contributed by atoms with Gasteiger partial charge < -0.3 is 4.90 Å². The van der Waals surface area contributed by atoms with Crippen LogP contribution in [0.2, 0.25) is 4.34 Å². The molecule has 2 aromatic heterocycles. The smallest absolute Gasteiger partial charge is 0.270 e. The zero-order valence-electron chi connectivity index (χ0n) is 15.4. The van der Waals surface area contributed by atoms with Crippen LogP contribution in [-0.2, 0) is 0 Å². The molecule has 1 N–H and O–H groups in total. The summed E-state index contributed by atoms with van der Waals surface area (Å²) < 4.78 is 1.74. The number of halogens is 1. The van der Waals surface area contributed by atoms with Crippen LogP contribution < -0.4 is 9.80 Å². The first-order chi connectivity index (χ1) is 12.3. The second-order valence-electron chi connectivity index (χ2n) is 6.77. The molecule has 1 aromatic carbocycles. The predicted octanol–water partition coefficient (Wildman–Crippen LogP) is 3.81. The van der Waals surface area contributed by atoms with Gasteiger partial charge >= 0.3 is 0 Å². The van der Waals surface area contributed by atoms with Gasteiger partial charge in [-0.3, -0.25) is 9.69 Å². The Morgan fingerprint density at radius 3 is 2.58 bits per heavy atom. The van der Waals surface area contributed by atoms with Crippen molar-refractivity contribution in [3.8, 4) is 0 Å². The van der Waals surface area contributed by atoms with Gasteiger partial charge in [-0.1, -0.05) is 22.9 Å². The minimum Gasteiger partial charge on any atom is -0.340 e. The van der Waals surface area contributed by atoms with Gasteiger partial charge in [-0.25, -0.2) is 4.98 Å². The van der Waals surface area contributed by atoms with Crippen LogP contribution in [0.25, 0.3) is 10.2 Å². The molecule has 138 valence electrons. The Kier molecular flexibility index (Phi) is 5.97. The number of benzene rings is 1. The van der Waals surface area contributed by atoms with Crippen molar-refractivity contribution in [2.75, 3.05) is 32.1 Å². The Hall–Kier alpha value is -1.47. The number of nitrogens with one attached hydrogen (secondary N) is 1. The number of amides is 1. The van der Waals surface area contributed by atoms with Gasteiger partial charge in [0.25, 0.3) is 5.91 Å². The third kappa shape index (κ3) is 4.26. The second-order valence-corrected chi connectivity index (χ2v) is 9.50. The number of carbonyl (C=O) groups excluding carboxylic acids is 1. The van der Waals surface area contributed by atoms with E-state index in [-0.39, 0.29) is 5.91 Å². The number of rotatable bonds is 6. The molecule has 0 aliphatic rings. The number of fused-ring (bicyclic) bond motifs is 1. The number of quaternary nitrogens is 1. The van der Waals surface area contributed by atoms with Gasteiger partial charge in [0.05, 0.1) is 40.1 Å². The molecule has 3 rings (SSSR count). The highest BCUT2D eigenvalue weighted by Gasteiger charge is 2.23. The fourth-order valence-electron chi connectivity index (χ4n) is 2.72. The minimum absolute atomic E-state index is 0.0249. The Bertz CT molecular complexity index is 893. The first-order valence-corrected chi connectivity index (χ1v) is 10.6. The standard InChI is InChI=1S/C19H22ClN3OS2/c1-12-10-14-16(11-13(12)2)26-19(21-14)23(9-5-8-22(3)4)18(24)15-6-7-17(20)25-15/h6-7,10-11H,5,8-9H2,1-4H3/p+1. The molecule has 0 fully saturated rings. The van der Waals surface area contributed by atoms with Crippen LogP contribution in [0.1, 0.15) is 27.2 Å². The maximum atomic E-state index is 13.1. The molecule has 3 aromatic rings. The van der Waals surface area contributed by atoms with Crippen molar-refractivity contribution >= 4 is 55.5 Å². The third-order valence-corrected chi connectivity index (χ3v) is 6.57. The largest absolute Gasteiger partial charge is 0.340 e.